The lowest BCUT2D eigenvalue weighted by atomic mass is 10.4. The standard InChI is InChI=1S/C11H24N2O2/c1-4-7-13(9-11-15-3)8-5-12-6-10-14-2/h4,12H,1,5-11H2,2-3H3. The Labute approximate surface area is 93.2 Å². The molecule has 0 saturated heterocycles. The topological polar surface area (TPSA) is 33.7 Å². The molecule has 0 aliphatic rings. The van der Waals surface area contributed by atoms with Crippen LogP contribution in [0.3, 0.4) is 0 Å². The fourth-order valence-electron chi connectivity index (χ4n) is 1.23. The van der Waals surface area contributed by atoms with Crippen molar-refractivity contribution in [1.29, 1.82) is 0 Å². The van der Waals surface area contributed by atoms with E-state index >= 15 is 0 Å². The Morgan fingerprint density at radius 3 is 2.47 bits per heavy atom. The molecule has 0 radical (unpaired) electrons. The number of methoxy groups -OCH3 is 2. The molecule has 0 atom stereocenters. The molecule has 0 spiro atoms. The van der Waals surface area contributed by atoms with Gasteiger partial charge in [0.2, 0.25) is 0 Å². The largest absolute Gasteiger partial charge is 0.383 e. The summed E-state index contributed by atoms with van der Waals surface area (Å²) in [5.74, 6) is 0. The Bertz CT molecular complexity index is 143. The highest BCUT2D eigenvalue weighted by Gasteiger charge is 2.01. The molecule has 0 aromatic heterocycles. The number of nitrogens with one attached hydrogen (secondary N) is 1. The lowest BCUT2D eigenvalue weighted by Crippen LogP contribution is -2.35. The SMILES string of the molecule is C=CCN(CCNCCOC)CCOC. The van der Waals surface area contributed by atoms with Gasteiger partial charge in [-0.1, -0.05) is 6.08 Å². The van der Waals surface area contributed by atoms with Crippen molar-refractivity contribution in [2.75, 3.05) is 60.2 Å². The normalized spacial score (nSPS) is 10.9. The Morgan fingerprint density at radius 1 is 1.13 bits per heavy atom. The van der Waals surface area contributed by atoms with Gasteiger partial charge in [-0.2, -0.15) is 0 Å². The Morgan fingerprint density at radius 2 is 1.87 bits per heavy atom. The first-order valence-corrected chi connectivity index (χ1v) is 5.37. The molecular formula is C11H24N2O2. The van der Waals surface area contributed by atoms with Crippen LogP contribution < -0.4 is 5.32 Å². The van der Waals surface area contributed by atoms with Crippen LogP contribution in [0.1, 0.15) is 0 Å². The quantitative estimate of drug-likeness (QED) is 0.399. The third-order valence-electron chi connectivity index (χ3n) is 2.09. The summed E-state index contributed by atoms with van der Waals surface area (Å²) in [6.07, 6.45) is 1.92. The van der Waals surface area contributed by atoms with E-state index in [1.165, 1.54) is 0 Å². The summed E-state index contributed by atoms with van der Waals surface area (Å²) in [4.78, 5) is 2.30. The van der Waals surface area contributed by atoms with Crippen LogP contribution in [0.15, 0.2) is 12.7 Å². The van der Waals surface area contributed by atoms with Crippen LogP contribution in [-0.2, 0) is 9.47 Å². The lowest BCUT2D eigenvalue weighted by Gasteiger charge is -2.20. The third kappa shape index (κ3) is 9.87. The molecule has 0 fully saturated rings. The van der Waals surface area contributed by atoms with Gasteiger partial charge in [0.15, 0.2) is 0 Å². The van der Waals surface area contributed by atoms with Gasteiger partial charge in [0.25, 0.3) is 0 Å². The second kappa shape index (κ2) is 11.7. The summed E-state index contributed by atoms with van der Waals surface area (Å²) in [5, 5.41) is 3.31. The minimum Gasteiger partial charge on any atom is -0.383 e. The first-order valence-electron chi connectivity index (χ1n) is 5.37. The van der Waals surface area contributed by atoms with Gasteiger partial charge in [-0.25, -0.2) is 0 Å². The third-order valence-corrected chi connectivity index (χ3v) is 2.09. The zero-order chi connectivity index (χ0) is 11.4. The van der Waals surface area contributed by atoms with Gasteiger partial charge in [-0.15, -0.1) is 6.58 Å². The molecular weight excluding hydrogens is 192 g/mol. The molecule has 4 heteroatoms. The fraction of sp³-hybridized carbons (Fsp3) is 0.818. The predicted octanol–water partition coefficient (Wildman–Crippen LogP) is 0.357. The highest BCUT2D eigenvalue weighted by atomic mass is 16.5. The molecule has 0 rings (SSSR count). The molecule has 90 valence electrons. The van der Waals surface area contributed by atoms with Gasteiger partial charge in [0, 0.05) is 46.9 Å². The number of hydrogen-bond acceptors (Lipinski definition) is 4. The number of nitrogens with zero attached hydrogens (tertiary/aromatic N) is 1. The van der Waals surface area contributed by atoms with Crippen molar-refractivity contribution in [3.8, 4) is 0 Å². The Kier molecular flexibility index (Phi) is 11.3. The van der Waals surface area contributed by atoms with Crippen molar-refractivity contribution >= 4 is 0 Å². The molecule has 0 aromatic carbocycles. The maximum atomic E-state index is 5.05. The summed E-state index contributed by atoms with van der Waals surface area (Å²) < 4.78 is 10.00. The molecule has 4 nitrogen and oxygen atoms in total. The lowest BCUT2D eigenvalue weighted by molar-refractivity contribution is 0.153. The summed E-state index contributed by atoms with van der Waals surface area (Å²) in [6.45, 7) is 10.0. The van der Waals surface area contributed by atoms with Gasteiger partial charge in [-0.05, 0) is 0 Å². The van der Waals surface area contributed by atoms with E-state index in [4.69, 9.17) is 9.47 Å². The zero-order valence-corrected chi connectivity index (χ0v) is 10.00. The number of ether oxygens (including phenoxy) is 2. The fourth-order valence-corrected chi connectivity index (χ4v) is 1.23. The van der Waals surface area contributed by atoms with Gasteiger partial charge in [0.05, 0.1) is 13.2 Å². The van der Waals surface area contributed by atoms with Gasteiger partial charge in [0.1, 0.15) is 0 Å². The second-order valence-corrected chi connectivity index (χ2v) is 3.32. The number of hydrogen-bond donors (Lipinski definition) is 1. The summed E-state index contributed by atoms with van der Waals surface area (Å²) in [5.41, 5.74) is 0. The minimum absolute atomic E-state index is 0.763. The molecule has 0 heterocycles. The molecule has 0 amide bonds. The zero-order valence-electron chi connectivity index (χ0n) is 10.00. The molecule has 0 unspecified atom stereocenters. The Hall–Kier alpha value is -0.420. The van der Waals surface area contributed by atoms with E-state index in [1.807, 2.05) is 6.08 Å². The van der Waals surface area contributed by atoms with Gasteiger partial charge in [-0.3, -0.25) is 4.90 Å². The van der Waals surface area contributed by atoms with E-state index in [9.17, 15) is 0 Å². The summed E-state index contributed by atoms with van der Waals surface area (Å²) in [7, 11) is 3.44. The molecule has 0 aliphatic heterocycles. The maximum Gasteiger partial charge on any atom is 0.0589 e. The first kappa shape index (κ1) is 14.6. The first-order chi connectivity index (χ1) is 7.35. The van der Waals surface area contributed by atoms with Crippen molar-refractivity contribution in [3.63, 3.8) is 0 Å². The van der Waals surface area contributed by atoms with Crippen molar-refractivity contribution in [3.05, 3.63) is 12.7 Å². The average Bonchev–Trinajstić information content (AvgIpc) is 2.25. The molecule has 0 bridgehead atoms. The molecule has 0 aliphatic carbocycles. The van der Waals surface area contributed by atoms with E-state index in [0.29, 0.717) is 0 Å². The number of rotatable bonds is 11. The maximum absolute atomic E-state index is 5.05. The molecule has 1 N–H and O–H groups in total. The highest BCUT2D eigenvalue weighted by molar-refractivity contribution is 4.73. The van der Waals surface area contributed by atoms with E-state index in [1.54, 1.807) is 14.2 Å². The van der Waals surface area contributed by atoms with Crippen LogP contribution in [0, 0.1) is 0 Å². The Balaban J connectivity index is 3.42. The van der Waals surface area contributed by atoms with E-state index in [0.717, 1.165) is 45.9 Å². The van der Waals surface area contributed by atoms with Crippen LogP contribution in [0.25, 0.3) is 0 Å². The van der Waals surface area contributed by atoms with Crippen molar-refractivity contribution in [1.82, 2.24) is 10.2 Å². The average molecular weight is 216 g/mol. The van der Waals surface area contributed by atoms with Crippen molar-refractivity contribution in [2.24, 2.45) is 0 Å². The molecule has 0 saturated carbocycles. The van der Waals surface area contributed by atoms with Gasteiger partial charge < -0.3 is 14.8 Å². The predicted molar refractivity (Wildman–Crippen MR) is 63.3 cm³/mol. The van der Waals surface area contributed by atoms with Crippen LogP contribution >= 0.6 is 0 Å². The summed E-state index contributed by atoms with van der Waals surface area (Å²) in [6, 6.07) is 0. The molecule has 0 aromatic rings. The van der Waals surface area contributed by atoms with Crippen molar-refractivity contribution in [2.45, 2.75) is 0 Å². The minimum atomic E-state index is 0.763. The van der Waals surface area contributed by atoms with Crippen LogP contribution in [0.5, 0.6) is 0 Å². The second-order valence-electron chi connectivity index (χ2n) is 3.32. The summed E-state index contributed by atoms with van der Waals surface area (Å²) >= 11 is 0. The molecule has 15 heavy (non-hydrogen) atoms. The monoisotopic (exact) mass is 216 g/mol. The van der Waals surface area contributed by atoms with E-state index in [2.05, 4.69) is 16.8 Å². The van der Waals surface area contributed by atoms with Gasteiger partial charge >= 0.3 is 0 Å². The van der Waals surface area contributed by atoms with Crippen LogP contribution in [0.4, 0.5) is 0 Å². The van der Waals surface area contributed by atoms with E-state index < -0.39 is 0 Å². The highest BCUT2D eigenvalue weighted by Crippen LogP contribution is 1.87. The van der Waals surface area contributed by atoms with Crippen molar-refractivity contribution < 1.29 is 9.47 Å². The van der Waals surface area contributed by atoms with E-state index in [-0.39, 0.29) is 0 Å². The van der Waals surface area contributed by atoms with Crippen LogP contribution in [-0.4, -0.2) is 65.1 Å². The smallest absolute Gasteiger partial charge is 0.0589 e. The van der Waals surface area contributed by atoms with Crippen LogP contribution in [0.2, 0.25) is 0 Å².